The van der Waals surface area contributed by atoms with Crippen LogP contribution in [0.5, 0.6) is 0 Å². The van der Waals surface area contributed by atoms with Gasteiger partial charge in [0.1, 0.15) is 32.8 Å². The van der Waals surface area contributed by atoms with Crippen LogP contribution in [0.1, 0.15) is 46.7 Å². The number of aromatic nitrogens is 3. The van der Waals surface area contributed by atoms with Gasteiger partial charge in [-0.3, -0.25) is 4.98 Å². The Morgan fingerprint density at radius 1 is 1.27 bits per heavy atom. The summed E-state index contributed by atoms with van der Waals surface area (Å²) in [7, 11) is 4.05. The topological polar surface area (TPSA) is 93.4 Å². The number of aryl methyl sites for hydroxylation is 1. The van der Waals surface area contributed by atoms with E-state index in [0.717, 1.165) is 39.5 Å². The Bertz CT molecular complexity index is 1280. The molecule has 4 aromatic heterocycles. The van der Waals surface area contributed by atoms with Gasteiger partial charge in [0.05, 0.1) is 18.0 Å². The Hall–Kier alpha value is -3.30. The van der Waals surface area contributed by atoms with Gasteiger partial charge in [0.2, 0.25) is 0 Å². The first-order valence-corrected chi connectivity index (χ1v) is 11.6. The number of carbonyl (C=O) groups is 1. The maximum Gasteiger partial charge on any atom is 0.348 e. The van der Waals surface area contributed by atoms with Crippen molar-refractivity contribution in [3.8, 4) is 11.5 Å². The molecule has 9 heteroatoms. The molecule has 0 aliphatic heterocycles. The second kappa shape index (κ2) is 9.68. The zero-order valence-corrected chi connectivity index (χ0v) is 20.2. The minimum absolute atomic E-state index is 0.164. The molecule has 172 valence electrons. The first kappa shape index (κ1) is 22.9. The number of hydrogen-bond donors (Lipinski definition) is 1. The molecule has 0 amide bonds. The van der Waals surface area contributed by atoms with Gasteiger partial charge in [-0.05, 0) is 64.7 Å². The lowest BCUT2D eigenvalue weighted by Gasteiger charge is -2.14. The lowest BCUT2D eigenvalue weighted by Crippen LogP contribution is -2.11. The van der Waals surface area contributed by atoms with E-state index in [4.69, 9.17) is 9.15 Å². The van der Waals surface area contributed by atoms with Gasteiger partial charge < -0.3 is 19.4 Å². The van der Waals surface area contributed by atoms with Crippen LogP contribution in [0.25, 0.3) is 21.7 Å². The molecule has 0 aromatic carbocycles. The van der Waals surface area contributed by atoms with Crippen LogP contribution in [0, 0.1) is 6.92 Å². The predicted molar refractivity (Wildman–Crippen MR) is 129 cm³/mol. The zero-order valence-electron chi connectivity index (χ0n) is 19.4. The minimum Gasteiger partial charge on any atom is -0.462 e. The van der Waals surface area contributed by atoms with E-state index in [9.17, 15) is 4.79 Å². The van der Waals surface area contributed by atoms with Crippen molar-refractivity contribution in [2.45, 2.75) is 33.4 Å². The molecular formula is C24H27N5O3S. The van der Waals surface area contributed by atoms with Gasteiger partial charge in [-0.1, -0.05) is 6.07 Å². The molecule has 0 saturated heterocycles. The van der Waals surface area contributed by atoms with Gasteiger partial charge in [0.25, 0.3) is 0 Å². The second-order valence-corrected chi connectivity index (χ2v) is 9.02. The largest absolute Gasteiger partial charge is 0.462 e. The summed E-state index contributed by atoms with van der Waals surface area (Å²) in [6, 6.07) is 9.50. The molecule has 1 unspecified atom stereocenters. The molecule has 8 nitrogen and oxygen atoms in total. The lowest BCUT2D eigenvalue weighted by atomic mass is 10.1. The van der Waals surface area contributed by atoms with E-state index < -0.39 is 0 Å². The number of fused-ring (bicyclic) bond motifs is 1. The highest BCUT2D eigenvalue weighted by molar-refractivity contribution is 7.20. The van der Waals surface area contributed by atoms with E-state index >= 15 is 0 Å². The highest BCUT2D eigenvalue weighted by atomic mass is 32.1. The molecule has 33 heavy (non-hydrogen) atoms. The number of nitrogens with zero attached hydrogens (tertiary/aromatic N) is 4. The Labute approximate surface area is 196 Å². The standard InChI is InChI=1S/C24H27N5O3S/c1-6-31-24(30)20-12-17-22(27-15(3)28-23(17)33-20)26-14(2)18-9-10-19(32-18)21-16(13-29(4)5)8-7-11-25-21/h7-12,14H,6,13H2,1-5H3,(H,26,27,28). The van der Waals surface area contributed by atoms with Crippen LogP contribution in [-0.2, 0) is 11.3 Å². The van der Waals surface area contributed by atoms with Crippen molar-refractivity contribution in [3.63, 3.8) is 0 Å². The summed E-state index contributed by atoms with van der Waals surface area (Å²) >= 11 is 1.30. The fourth-order valence-corrected chi connectivity index (χ4v) is 4.53. The van der Waals surface area contributed by atoms with Crippen LogP contribution in [0.2, 0.25) is 0 Å². The van der Waals surface area contributed by atoms with Crippen molar-refractivity contribution >= 4 is 33.3 Å². The maximum absolute atomic E-state index is 12.2. The molecule has 1 N–H and O–H groups in total. The Kier molecular flexibility index (Phi) is 6.71. The van der Waals surface area contributed by atoms with Crippen molar-refractivity contribution in [3.05, 3.63) is 58.6 Å². The zero-order chi connectivity index (χ0) is 23.5. The average Bonchev–Trinajstić information content (AvgIpc) is 3.41. The summed E-state index contributed by atoms with van der Waals surface area (Å²) in [6.07, 6.45) is 1.77. The van der Waals surface area contributed by atoms with Crippen molar-refractivity contribution < 1.29 is 13.9 Å². The maximum atomic E-state index is 12.2. The van der Waals surface area contributed by atoms with Gasteiger partial charge in [-0.2, -0.15) is 0 Å². The molecule has 0 radical (unpaired) electrons. The highest BCUT2D eigenvalue weighted by Gasteiger charge is 2.19. The molecular weight excluding hydrogens is 438 g/mol. The van der Waals surface area contributed by atoms with Crippen LogP contribution in [0.4, 0.5) is 5.82 Å². The monoisotopic (exact) mass is 465 g/mol. The SMILES string of the molecule is CCOC(=O)c1cc2c(NC(C)c3ccc(-c4ncccc4CN(C)C)o3)nc(C)nc2s1. The second-order valence-electron chi connectivity index (χ2n) is 7.99. The molecule has 0 saturated carbocycles. The Balaban J connectivity index is 1.60. The van der Waals surface area contributed by atoms with Crippen LogP contribution in [0.15, 0.2) is 40.9 Å². The van der Waals surface area contributed by atoms with Gasteiger partial charge >= 0.3 is 5.97 Å². The van der Waals surface area contributed by atoms with E-state index in [1.807, 2.05) is 46.1 Å². The molecule has 0 aliphatic carbocycles. The van der Waals surface area contributed by atoms with Gasteiger partial charge in [-0.25, -0.2) is 14.8 Å². The smallest absolute Gasteiger partial charge is 0.348 e. The van der Waals surface area contributed by atoms with Crippen LogP contribution in [-0.4, -0.2) is 46.5 Å². The number of anilines is 1. The highest BCUT2D eigenvalue weighted by Crippen LogP contribution is 2.33. The van der Waals surface area contributed by atoms with Crippen LogP contribution < -0.4 is 5.32 Å². The van der Waals surface area contributed by atoms with E-state index in [2.05, 4.69) is 31.2 Å². The fraction of sp³-hybridized carbons (Fsp3) is 0.333. The number of furan rings is 1. The van der Waals surface area contributed by atoms with Gasteiger partial charge in [0.15, 0.2) is 5.76 Å². The number of esters is 1. The number of thiophene rings is 1. The molecule has 0 fully saturated rings. The van der Waals surface area contributed by atoms with E-state index in [1.54, 1.807) is 19.2 Å². The summed E-state index contributed by atoms with van der Waals surface area (Å²) in [4.78, 5) is 29.1. The molecule has 1 atom stereocenters. The number of ether oxygens (including phenoxy) is 1. The average molecular weight is 466 g/mol. The van der Waals surface area contributed by atoms with Crippen LogP contribution in [0.3, 0.4) is 0 Å². The number of rotatable bonds is 8. The lowest BCUT2D eigenvalue weighted by molar-refractivity contribution is 0.0532. The first-order valence-electron chi connectivity index (χ1n) is 10.8. The third-order valence-electron chi connectivity index (χ3n) is 5.00. The molecule has 4 rings (SSSR count). The third kappa shape index (κ3) is 5.04. The molecule has 0 aliphatic rings. The molecule has 4 heterocycles. The normalized spacial score (nSPS) is 12.3. The van der Waals surface area contributed by atoms with Crippen molar-refractivity contribution in [2.24, 2.45) is 0 Å². The minimum atomic E-state index is -0.350. The predicted octanol–water partition coefficient (Wildman–Crippen LogP) is 5.07. The van der Waals surface area contributed by atoms with Gasteiger partial charge in [-0.15, -0.1) is 11.3 Å². The summed E-state index contributed by atoms with van der Waals surface area (Å²) < 4.78 is 11.3. The quantitative estimate of drug-likeness (QED) is 0.361. The number of hydrogen-bond acceptors (Lipinski definition) is 9. The summed E-state index contributed by atoms with van der Waals surface area (Å²) in [5.74, 6) is 2.41. The Morgan fingerprint density at radius 3 is 2.85 bits per heavy atom. The summed E-state index contributed by atoms with van der Waals surface area (Å²) in [5.41, 5.74) is 1.93. The van der Waals surface area contributed by atoms with E-state index in [1.165, 1.54) is 11.3 Å². The number of pyridine rings is 1. The van der Waals surface area contributed by atoms with Gasteiger partial charge in [0, 0.05) is 12.7 Å². The Morgan fingerprint density at radius 2 is 2.09 bits per heavy atom. The van der Waals surface area contributed by atoms with Crippen LogP contribution >= 0.6 is 11.3 Å². The number of nitrogens with one attached hydrogen (secondary N) is 1. The van der Waals surface area contributed by atoms with Crippen molar-refractivity contribution in [2.75, 3.05) is 26.0 Å². The van der Waals surface area contributed by atoms with E-state index in [0.29, 0.717) is 23.1 Å². The van der Waals surface area contributed by atoms with E-state index in [-0.39, 0.29) is 12.0 Å². The molecule has 0 bridgehead atoms. The summed E-state index contributed by atoms with van der Waals surface area (Å²) in [5, 5.41) is 4.20. The number of carbonyl (C=O) groups excluding carboxylic acids is 1. The fourth-order valence-electron chi connectivity index (χ4n) is 3.56. The molecule has 4 aromatic rings. The van der Waals surface area contributed by atoms with Crippen molar-refractivity contribution in [1.29, 1.82) is 0 Å². The first-order chi connectivity index (χ1) is 15.9. The third-order valence-corrected chi connectivity index (χ3v) is 6.01. The van der Waals surface area contributed by atoms with Crippen molar-refractivity contribution in [1.82, 2.24) is 19.9 Å². The summed E-state index contributed by atoms with van der Waals surface area (Å²) in [6.45, 7) is 6.72. The molecule has 0 spiro atoms.